The number of ether oxygens (including phenoxy) is 2. The summed E-state index contributed by atoms with van der Waals surface area (Å²) in [6.45, 7) is 6.90. The van der Waals surface area contributed by atoms with Crippen molar-refractivity contribution < 1.29 is 14.6 Å². The molecule has 0 rings (SSSR count). The molecule has 61 valence electrons. The van der Waals surface area contributed by atoms with Gasteiger partial charge in [-0.3, -0.25) is 0 Å². The molecule has 0 bridgehead atoms. The maximum absolute atomic E-state index is 8.71. The van der Waals surface area contributed by atoms with E-state index < -0.39 is 6.29 Å². The third kappa shape index (κ3) is 6.01. The van der Waals surface area contributed by atoms with Crippen LogP contribution in [0.2, 0.25) is 0 Å². The van der Waals surface area contributed by atoms with Gasteiger partial charge in [-0.2, -0.15) is 0 Å². The predicted octanol–water partition coefficient (Wildman–Crippen LogP) is 1.28. The van der Waals surface area contributed by atoms with Crippen LogP contribution in [0.4, 0.5) is 0 Å². The highest BCUT2D eigenvalue weighted by molar-refractivity contribution is 4.45. The average molecular weight is 147 g/mol. The molecule has 2 unspecified atom stereocenters. The lowest BCUT2D eigenvalue weighted by atomic mass is 10.5. The van der Waals surface area contributed by atoms with E-state index in [0.717, 1.165) is 6.42 Å². The summed E-state index contributed by atoms with van der Waals surface area (Å²) in [4.78, 5) is 0. The first-order chi connectivity index (χ1) is 4.66. The van der Waals surface area contributed by atoms with Crippen molar-refractivity contribution in [3.8, 4) is 0 Å². The zero-order chi connectivity index (χ0) is 7.98. The zero-order valence-corrected chi connectivity index (χ0v) is 6.70. The topological polar surface area (TPSA) is 38.7 Å². The molecule has 0 aliphatic rings. The molecule has 1 radical (unpaired) electrons. The van der Waals surface area contributed by atoms with Crippen LogP contribution in [0.3, 0.4) is 0 Å². The maximum atomic E-state index is 8.71. The van der Waals surface area contributed by atoms with Crippen LogP contribution < -0.4 is 0 Å². The van der Waals surface area contributed by atoms with E-state index in [4.69, 9.17) is 14.6 Å². The van der Waals surface area contributed by atoms with E-state index in [1.54, 1.807) is 20.5 Å². The predicted molar refractivity (Wildman–Crippen MR) is 37.9 cm³/mol. The number of aliphatic hydroxyl groups excluding tert-OH is 1. The van der Waals surface area contributed by atoms with Gasteiger partial charge >= 0.3 is 0 Å². The Balaban J connectivity index is 3.16. The Morgan fingerprint density at radius 1 is 1.50 bits per heavy atom. The van der Waals surface area contributed by atoms with Crippen LogP contribution in [0.1, 0.15) is 27.2 Å². The number of aliphatic hydroxyl groups is 1. The van der Waals surface area contributed by atoms with E-state index in [9.17, 15) is 0 Å². The van der Waals surface area contributed by atoms with Crippen LogP contribution in [0, 0.1) is 6.61 Å². The fourth-order valence-electron chi connectivity index (χ4n) is 0.541. The minimum atomic E-state index is -0.764. The van der Waals surface area contributed by atoms with Crippen molar-refractivity contribution in [2.24, 2.45) is 0 Å². The minimum absolute atomic E-state index is 0.361. The van der Waals surface area contributed by atoms with E-state index in [1.165, 1.54) is 0 Å². The van der Waals surface area contributed by atoms with Crippen molar-refractivity contribution in [3.63, 3.8) is 0 Å². The van der Waals surface area contributed by atoms with Crippen molar-refractivity contribution in [2.45, 2.75) is 39.8 Å². The van der Waals surface area contributed by atoms with E-state index >= 15 is 0 Å². The summed E-state index contributed by atoms with van der Waals surface area (Å²) in [7, 11) is 0. The number of hydrogen-bond acceptors (Lipinski definition) is 3. The van der Waals surface area contributed by atoms with Crippen molar-refractivity contribution in [2.75, 3.05) is 0 Å². The van der Waals surface area contributed by atoms with E-state index in [2.05, 4.69) is 0 Å². The summed E-state index contributed by atoms with van der Waals surface area (Å²) < 4.78 is 9.85. The lowest BCUT2D eigenvalue weighted by molar-refractivity contribution is -0.201. The molecule has 0 aromatic carbocycles. The first kappa shape index (κ1) is 9.88. The van der Waals surface area contributed by atoms with Crippen LogP contribution in [0.25, 0.3) is 0 Å². The SMILES string of the molecule is CC[CH]OC(C)OC(C)O. The second kappa shape index (κ2) is 5.65. The lowest BCUT2D eigenvalue weighted by Crippen LogP contribution is -2.18. The molecule has 0 aromatic rings. The van der Waals surface area contributed by atoms with Crippen LogP contribution in [0.15, 0.2) is 0 Å². The van der Waals surface area contributed by atoms with Crippen LogP contribution >= 0.6 is 0 Å². The highest BCUT2D eigenvalue weighted by Gasteiger charge is 2.03. The van der Waals surface area contributed by atoms with Crippen LogP contribution in [0.5, 0.6) is 0 Å². The van der Waals surface area contributed by atoms with Crippen LogP contribution in [-0.2, 0) is 9.47 Å². The summed E-state index contributed by atoms with van der Waals surface area (Å²) in [6, 6.07) is 0. The Morgan fingerprint density at radius 2 is 2.10 bits per heavy atom. The van der Waals surface area contributed by atoms with Crippen molar-refractivity contribution in [1.29, 1.82) is 0 Å². The van der Waals surface area contributed by atoms with Gasteiger partial charge in [0, 0.05) is 0 Å². The van der Waals surface area contributed by atoms with E-state index in [0.29, 0.717) is 0 Å². The Kier molecular flexibility index (Phi) is 5.58. The van der Waals surface area contributed by atoms with Crippen molar-refractivity contribution in [3.05, 3.63) is 6.61 Å². The summed E-state index contributed by atoms with van der Waals surface area (Å²) in [6.07, 6.45) is -0.284. The van der Waals surface area contributed by atoms with Gasteiger partial charge in [0.2, 0.25) is 0 Å². The van der Waals surface area contributed by atoms with E-state index in [-0.39, 0.29) is 6.29 Å². The highest BCUT2D eigenvalue weighted by Crippen LogP contribution is 2.00. The summed E-state index contributed by atoms with van der Waals surface area (Å²) in [5.41, 5.74) is 0. The number of hydrogen-bond donors (Lipinski definition) is 1. The van der Waals surface area contributed by atoms with Crippen molar-refractivity contribution >= 4 is 0 Å². The largest absolute Gasteiger partial charge is 0.368 e. The third-order valence-corrected chi connectivity index (χ3v) is 0.843. The molecule has 0 saturated carbocycles. The molecule has 3 nitrogen and oxygen atoms in total. The van der Waals surface area contributed by atoms with Gasteiger partial charge in [-0.15, -0.1) is 0 Å². The molecule has 0 aliphatic carbocycles. The smallest absolute Gasteiger partial charge is 0.158 e. The first-order valence-electron chi connectivity index (χ1n) is 3.47. The standard InChI is InChI=1S/C7H15O3/c1-4-5-9-7(3)10-6(2)8/h5-8H,4H2,1-3H3. The molecule has 0 spiro atoms. The van der Waals surface area contributed by atoms with Gasteiger partial charge in [-0.05, 0) is 20.3 Å². The Hall–Kier alpha value is -0.120. The van der Waals surface area contributed by atoms with Gasteiger partial charge in [0.15, 0.2) is 12.6 Å². The Morgan fingerprint density at radius 3 is 2.50 bits per heavy atom. The minimum Gasteiger partial charge on any atom is -0.368 e. The molecule has 3 heteroatoms. The van der Waals surface area contributed by atoms with Gasteiger partial charge in [0.1, 0.15) is 0 Å². The third-order valence-electron chi connectivity index (χ3n) is 0.843. The van der Waals surface area contributed by atoms with Gasteiger partial charge in [-0.25, -0.2) is 0 Å². The fraction of sp³-hybridized carbons (Fsp3) is 0.857. The van der Waals surface area contributed by atoms with Crippen molar-refractivity contribution in [1.82, 2.24) is 0 Å². The zero-order valence-electron chi connectivity index (χ0n) is 6.70. The molecule has 0 saturated heterocycles. The van der Waals surface area contributed by atoms with Gasteiger partial charge in [0.25, 0.3) is 0 Å². The van der Waals surface area contributed by atoms with Crippen LogP contribution in [-0.4, -0.2) is 17.7 Å². The second-order valence-corrected chi connectivity index (χ2v) is 2.01. The molecule has 0 heterocycles. The number of rotatable bonds is 5. The Bertz CT molecular complexity index is 73.3. The summed E-state index contributed by atoms with van der Waals surface area (Å²) in [5.74, 6) is 0. The molecule has 0 aliphatic heterocycles. The normalized spacial score (nSPS) is 16.8. The molecule has 0 amide bonds. The molecule has 1 N–H and O–H groups in total. The fourth-order valence-corrected chi connectivity index (χ4v) is 0.541. The quantitative estimate of drug-likeness (QED) is 0.595. The molecule has 10 heavy (non-hydrogen) atoms. The maximum Gasteiger partial charge on any atom is 0.158 e. The highest BCUT2D eigenvalue weighted by atomic mass is 16.7. The first-order valence-corrected chi connectivity index (χ1v) is 3.47. The van der Waals surface area contributed by atoms with Gasteiger partial charge in [-0.1, -0.05) is 6.92 Å². The summed E-state index contributed by atoms with van der Waals surface area (Å²) in [5, 5.41) is 8.71. The van der Waals surface area contributed by atoms with Gasteiger partial charge in [0.05, 0.1) is 6.61 Å². The van der Waals surface area contributed by atoms with E-state index in [1.807, 2.05) is 6.92 Å². The van der Waals surface area contributed by atoms with Gasteiger partial charge < -0.3 is 14.6 Å². The second-order valence-electron chi connectivity index (χ2n) is 2.01. The summed E-state index contributed by atoms with van der Waals surface area (Å²) >= 11 is 0. The lowest BCUT2D eigenvalue weighted by Gasteiger charge is -2.14. The molecule has 0 fully saturated rings. The molecule has 0 aromatic heterocycles. The Labute approximate surface area is 62.0 Å². The average Bonchev–Trinajstić information content (AvgIpc) is 1.82. The molecule has 2 atom stereocenters. The molecular formula is C7H15O3. The monoisotopic (exact) mass is 147 g/mol. The molecular weight excluding hydrogens is 132 g/mol.